The number of carboxylic acids is 1. The van der Waals surface area contributed by atoms with E-state index in [4.69, 9.17) is 4.74 Å². The lowest BCUT2D eigenvalue weighted by atomic mass is 9.87. The van der Waals surface area contributed by atoms with Crippen molar-refractivity contribution < 1.29 is 46.9 Å². The Labute approximate surface area is 338 Å². The summed E-state index contributed by atoms with van der Waals surface area (Å²) in [5, 5.41) is 18.9. The molecule has 1 aliphatic carbocycles. The average molecular weight is 838 g/mol. The number of carbonyl (C=O) groups excluding carboxylic acids is 3. The maximum absolute atomic E-state index is 14.6. The lowest BCUT2D eigenvalue weighted by Crippen LogP contribution is -2.52. The van der Waals surface area contributed by atoms with Crippen LogP contribution < -0.4 is 20.7 Å². The maximum Gasteiger partial charge on any atom is 0.407 e. The number of hydrogen-bond acceptors (Lipinski definition) is 8. The van der Waals surface area contributed by atoms with E-state index >= 15 is 0 Å². The SMILES string of the molecule is CS(=O)(=O)N[C@H](CCCCNC(=O)OCc1ccccc1)C(=O)NC(Cc1ccccc1)P(=O)(O)CC1(C(=O)N[C@@H](Cc2c[nH]c3ccccc23)C(=O)O)CCCC1. The van der Waals surface area contributed by atoms with Crippen LogP contribution in [0.5, 0.6) is 0 Å². The van der Waals surface area contributed by atoms with E-state index in [1.807, 2.05) is 54.6 Å². The van der Waals surface area contributed by atoms with E-state index in [2.05, 4.69) is 25.7 Å². The van der Waals surface area contributed by atoms with Crippen molar-refractivity contribution >= 4 is 52.2 Å². The number of carbonyl (C=O) groups is 4. The second kappa shape index (κ2) is 20.1. The van der Waals surface area contributed by atoms with E-state index in [1.165, 1.54) is 0 Å². The third-order valence-electron chi connectivity index (χ3n) is 10.4. The lowest BCUT2D eigenvalue weighted by molar-refractivity contribution is -0.143. The Kier molecular flexibility index (Phi) is 15.3. The number of aromatic amines is 1. The van der Waals surface area contributed by atoms with Crippen molar-refractivity contribution in [3.8, 4) is 0 Å². The number of sulfonamides is 1. The number of H-pyrrole nitrogens is 1. The Hall–Kier alpha value is -5.02. The fourth-order valence-electron chi connectivity index (χ4n) is 7.42. The average Bonchev–Trinajstić information content (AvgIpc) is 3.83. The van der Waals surface area contributed by atoms with Crippen molar-refractivity contribution in [2.24, 2.45) is 5.41 Å². The molecule has 3 aromatic carbocycles. The number of aromatic nitrogens is 1. The molecule has 0 aliphatic heterocycles. The number of carboxylic acid groups (broad SMARTS) is 1. The molecule has 17 heteroatoms. The minimum atomic E-state index is -4.50. The molecule has 5 rings (SSSR count). The first-order chi connectivity index (χ1) is 27.6. The van der Waals surface area contributed by atoms with E-state index in [1.54, 1.807) is 36.5 Å². The Morgan fingerprint density at radius 2 is 1.50 bits per heavy atom. The molecule has 1 saturated carbocycles. The van der Waals surface area contributed by atoms with Crippen LogP contribution in [0.15, 0.2) is 91.1 Å². The van der Waals surface area contributed by atoms with Crippen molar-refractivity contribution in [3.63, 3.8) is 0 Å². The third kappa shape index (κ3) is 12.7. The number of nitrogens with one attached hydrogen (secondary N) is 5. The van der Waals surface area contributed by atoms with Gasteiger partial charge < -0.3 is 35.7 Å². The summed E-state index contributed by atoms with van der Waals surface area (Å²) in [6, 6.07) is 22.6. The van der Waals surface area contributed by atoms with Gasteiger partial charge in [0.05, 0.1) is 11.7 Å². The second-order valence-electron chi connectivity index (χ2n) is 15.0. The van der Waals surface area contributed by atoms with E-state index in [-0.39, 0.29) is 45.3 Å². The van der Waals surface area contributed by atoms with Crippen LogP contribution in [0.2, 0.25) is 0 Å². The molecule has 0 radical (unpaired) electrons. The molecule has 0 bridgehead atoms. The minimum Gasteiger partial charge on any atom is -0.480 e. The monoisotopic (exact) mass is 837 g/mol. The van der Waals surface area contributed by atoms with Crippen LogP contribution in [0.3, 0.4) is 0 Å². The first-order valence-corrected chi connectivity index (χ1v) is 23.1. The summed E-state index contributed by atoms with van der Waals surface area (Å²) in [4.78, 5) is 67.6. The number of aliphatic carboxylic acids is 1. The van der Waals surface area contributed by atoms with Gasteiger partial charge in [0.25, 0.3) is 0 Å². The Morgan fingerprint density at radius 3 is 2.16 bits per heavy atom. The van der Waals surface area contributed by atoms with E-state index in [0.717, 1.165) is 22.7 Å². The second-order valence-corrected chi connectivity index (χ2v) is 19.2. The molecule has 312 valence electrons. The van der Waals surface area contributed by atoms with Crippen LogP contribution in [0.1, 0.15) is 61.6 Å². The largest absolute Gasteiger partial charge is 0.480 e. The summed E-state index contributed by atoms with van der Waals surface area (Å²) in [7, 11) is -8.41. The van der Waals surface area contributed by atoms with E-state index in [0.29, 0.717) is 36.8 Å². The topological polar surface area (TPSA) is 233 Å². The molecule has 1 fully saturated rings. The van der Waals surface area contributed by atoms with Crippen LogP contribution in [0, 0.1) is 5.41 Å². The molecule has 58 heavy (non-hydrogen) atoms. The molecular formula is C41H52N5O10PS. The summed E-state index contributed by atoms with van der Waals surface area (Å²) >= 11 is 0. The molecule has 4 atom stereocenters. The highest BCUT2D eigenvalue weighted by Gasteiger charge is 2.49. The molecule has 0 saturated heterocycles. The van der Waals surface area contributed by atoms with Gasteiger partial charge in [0.1, 0.15) is 24.5 Å². The molecule has 1 aliphatic rings. The summed E-state index contributed by atoms with van der Waals surface area (Å²) in [6.45, 7) is 0.282. The highest BCUT2D eigenvalue weighted by molar-refractivity contribution is 7.88. The number of rotatable bonds is 21. The number of hydrogen-bond donors (Lipinski definition) is 7. The van der Waals surface area contributed by atoms with Gasteiger partial charge in [0.15, 0.2) is 0 Å². The zero-order valence-corrected chi connectivity index (χ0v) is 34.1. The first-order valence-electron chi connectivity index (χ1n) is 19.3. The fourth-order valence-corrected chi connectivity index (χ4v) is 10.5. The van der Waals surface area contributed by atoms with E-state index in [9.17, 15) is 42.2 Å². The molecule has 1 aromatic heterocycles. The summed E-state index contributed by atoms with van der Waals surface area (Å²) in [5.41, 5.74) is 1.56. The summed E-state index contributed by atoms with van der Waals surface area (Å²) in [5.74, 6) is -4.15. The third-order valence-corrected chi connectivity index (χ3v) is 13.5. The highest BCUT2D eigenvalue weighted by Crippen LogP contribution is 2.55. The zero-order chi connectivity index (χ0) is 41.8. The maximum atomic E-state index is 14.6. The van der Waals surface area contributed by atoms with Gasteiger partial charge in [-0.25, -0.2) is 22.7 Å². The van der Waals surface area contributed by atoms with Gasteiger partial charge in [0, 0.05) is 42.6 Å². The van der Waals surface area contributed by atoms with Crippen molar-refractivity contribution in [2.75, 3.05) is 19.0 Å². The first kappa shape index (κ1) is 44.1. The van der Waals surface area contributed by atoms with Gasteiger partial charge in [-0.3, -0.25) is 14.2 Å². The predicted octanol–water partition coefficient (Wildman–Crippen LogP) is 4.81. The molecule has 3 amide bonds. The van der Waals surface area contributed by atoms with Crippen molar-refractivity contribution in [3.05, 3.63) is 108 Å². The molecule has 0 spiro atoms. The number of amides is 3. The Morgan fingerprint density at radius 1 is 0.862 bits per heavy atom. The number of alkyl carbamates (subject to hydrolysis) is 1. The number of fused-ring (bicyclic) bond motifs is 1. The smallest absolute Gasteiger partial charge is 0.407 e. The molecule has 4 aromatic rings. The zero-order valence-electron chi connectivity index (χ0n) is 32.4. The van der Waals surface area contributed by atoms with Crippen LogP contribution in [-0.2, 0) is 53.2 Å². The number of para-hydroxylation sites is 1. The van der Waals surface area contributed by atoms with Crippen LogP contribution in [-0.4, -0.2) is 84.1 Å². The lowest BCUT2D eigenvalue weighted by Gasteiger charge is -2.34. The number of benzene rings is 3. The van der Waals surface area contributed by atoms with Crippen LogP contribution in [0.4, 0.5) is 4.79 Å². The molecule has 7 N–H and O–H groups in total. The van der Waals surface area contributed by atoms with Crippen LogP contribution >= 0.6 is 7.37 Å². The summed E-state index contributed by atoms with van der Waals surface area (Å²) < 4.78 is 46.9. The van der Waals surface area contributed by atoms with Crippen molar-refractivity contribution in [1.82, 2.24) is 25.7 Å². The molecule has 2 unspecified atom stereocenters. The molecule has 15 nitrogen and oxygen atoms in total. The summed E-state index contributed by atoms with van der Waals surface area (Å²) in [6.07, 6.45) is 3.62. The standard InChI is InChI=1S/C41H52N5O10PS/c1-58(54,55)46-34(20-10-13-23-42-40(51)56-27-30-16-6-3-7-17-30)37(47)45-36(24-29-14-4-2-5-15-29)57(52,53)28-41(21-11-12-22-41)39(50)44-35(38(48)49)25-31-26-43-33-19-9-8-18-32(31)33/h2-9,14-19,26,34-36,43,46H,10-13,20-25,27-28H2,1H3,(H,42,51)(H,44,50)(H,45,47)(H,48,49)(H,52,53)/t34-,35+,36?/m1/s1. The Balaban J connectivity index is 1.27. The van der Waals surface area contributed by atoms with Crippen molar-refractivity contribution in [1.29, 1.82) is 0 Å². The minimum absolute atomic E-state index is 0.00673. The predicted molar refractivity (Wildman–Crippen MR) is 219 cm³/mol. The molecule has 1 heterocycles. The van der Waals surface area contributed by atoms with Gasteiger partial charge in [-0.15, -0.1) is 0 Å². The normalized spacial score (nSPS) is 16.4. The van der Waals surface area contributed by atoms with Gasteiger partial charge in [-0.05, 0) is 54.9 Å². The van der Waals surface area contributed by atoms with Gasteiger partial charge >= 0.3 is 12.1 Å². The van der Waals surface area contributed by atoms with E-state index < -0.39 is 70.7 Å². The van der Waals surface area contributed by atoms with Gasteiger partial charge in [0.2, 0.25) is 29.2 Å². The molecular weight excluding hydrogens is 786 g/mol. The number of unbranched alkanes of at least 4 members (excludes halogenated alkanes) is 1. The number of ether oxygens (including phenoxy) is 1. The quantitative estimate of drug-likeness (QED) is 0.0447. The van der Waals surface area contributed by atoms with Gasteiger partial charge in [-0.2, -0.15) is 0 Å². The van der Waals surface area contributed by atoms with Gasteiger partial charge in [-0.1, -0.05) is 91.7 Å². The fraction of sp³-hybridized carbons (Fsp3) is 0.415. The Bertz CT molecular complexity index is 2180. The highest BCUT2D eigenvalue weighted by atomic mass is 32.2. The van der Waals surface area contributed by atoms with Crippen LogP contribution in [0.25, 0.3) is 10.9 Å². The van der Waals surface area contributed by atoms with Crippen molar-refractivity contribution in [2.45, 2.75) is 82.3 Å².